The van der Waals surface area contributed by atoms with Crippen LogP contribution in [0.3, 0.4) is 0 Å². The van der Waals surface area contributed by atoms with Crippen molar-refractivity contribution in [1.82, 2.24) is 9.55 Å². The molecule has 0 radical (unpaired) electrons. The van der Waals surface area contributed by atoms with Crippen molar-refractivity contribution in [2.45, 2.75) is 58.1 Å². The number of ether oxygens (including phenoxy) is 3. The van der Waals surface area contributed by atoms with Gasteiger partial charge in [-0.05, 0) is 55.4 Å². The van der Waals surface area contributed by atoms with Gasteiger partial charge in [-0.15, -0.1) is 0 Å². The summed E-state index contributed by atoms with van der Waals surface area (Å²) in [7, 11) is 0. The molecule has 1 aromatic rings. The van der Waals surface area contributed by atoms with Crippen molar-refractivity contribution in [2.24, 2.45) is 22.7 Å². The number of esters is 1. The van der Waals surface area contributed by atoms with E-state index in [4.69, 9.17) is 14.2 Å². The maximum Gasteiger partial charge on any atom is 0.508 e. The molecule has 2 aliphatic carbocycles. The molecule has 7 heteroatoms. The van der Waals surface area contributed by atoms with Crippen molar-refractivity contribution in [3.63, 3.8) is 0 Å². The van der Waals surface area contributed by atoms with Gasteiger partial charge in [0.25, 0.3) is 0 Å². The lowest BCUT2D eigenvalue weighted by atomic mass is 9.45. The number of imidazole rings is 1. The summed E-state index contributed by atoms with van der Waals surface area (Å²) in [5, 5.41) is 0. The smallest absolute Gasteiger partial charge is 0.458 e. The molecule has 0 N–H and O–H groups in total. The molecule has 3 fully saturated rings. The number of hydrogen-bond donors (Lipinski definition) is 0. The second-order valence-corrected chi connectivity index (χ2v) is 10.0. The fraction of sp³-hybridized carbons (Fsp3) is 0.625. The number of carbonyl (C=O) groups excluding carboxylic acids is 2. The average molecular weight is 427 g/mol. The number of carbonyl (C=O) groups is 2. The monoisotopic (exact) mass is 426 g/mol. The molecule has 7 nitrogen and oxygen atoms in total. The molecule has 0 spiro atoms. The van der Waals surface area contributed by atoms with Gasteiger partial charge in [-0.2, -0.15) is 0 Å². The maximum absolute atomic E-state index is 12.5. The third-order valence-electron chi connectivity index (χ3n) is 8.51. The van der Waals surface area contributed by atoms with Crippen LogP contribution in [-0.4, -0.2) is 41.0 Å². The van der Waals surface area contributed by atoms with Crippen molar-refractivity contribution < 1.29 is 23.8 Å². The Balaban J connectivity index is 1.49. The molecule has 2 saturated carbocycles. The zero-order valence-electron chi connectivity index (χ0n) is 18.2. The van der Waals surface area contributed by atoms with E-state index in [1.807, 2.05) is 16.8 Å². The number of rotatable bonds is 4. The minimum atomic E-state index is -0.547. The normalized spacial score (nSPS) is 38.3. The van der Waals surface area contributed by atoms with Gasteiger partial charge in [0.2, 0.25) is 0 Å². The van der Waals surface area contributed by atoms with Crippen LogP contribution in [0.1, 0.15) is 52.0 Å². The molecular weight excluding hydrogens is 396 g/mol. The number of allylic oxidation sites excluding steroid dienone is 1. The molecule has 2 aliphatic heterocycles. The molecule has 4 aliphatic rings. The van der Waals surface area contributed by atoms with E-state index in [0.29, 0.717) is 24.7 Å². The molecule has 3 heterocycles. The summed E-state index contributed by atoms with van der Waals surface area (Å²) >= 11 is 0. The van der Waals surface area contributed by atoms with Crippen LogP contribution in [-0.2, 0) is 19.0 Å². The Morgan fingerprint density at radius 1 is 1.26 bits per heavy atom. The molecule has 0 amide bonds. The van der Waals surface area contributed by atoms with Gasteiger partial charge in [-0.25, -0.2) is 14.6 Å². The Labute approximate surface area is 182 Å². The molecule has 1 aromatic heterocycles. The van der Waals surface area contributed by atoms with E-state index in [1.54, 1.807) is 12.5 Å². The number of hydrogen-bond acceptors (Lipinski definition) is 6. The summed E-state index contributed by atoms with van der Waals surface area (Å²) < 4.78 is 18.2. The molecule has 166 valence electrons. The molecule has 0 aromatic carbocycles. The van der Waals surface area contributed by atoms with Crippen LogP contribution in [0, 0.1) is 22.7 Å². The first kappa shape index (κ1) is 20.3. The van der Waals surface area contributed by atoms with Crippen LogP contribution in [0.25, 0.3) is 0 Å². The summed E-state index contributed by atoms with van der Waals surface area (Å²) in [6, 6.07) is -0.138. The standard InChI is InChI=1S/C24H30N2O5/c1-15-4-5-19-23(2,8-6-20-24(19,3)13-30-22(28)31-20)17(15)12-18(26-10-9-25-14-26)16-7-11-29-21(16)27/h7,9-10,14,17-20H,1,4-6,8,11-13H2,2-3H3/t17-,18?,19?,20-,23+,24+/m1/s1. The Kier molecular flexibility index (Phi) is 4.75. The van der Waals surface area contributed by atoms with Gasteiger partial charge in [0.1, 0.15) is 19.3 Å². The van der Waals surface area contributed by atoms with Gasteiger partial charge < -0.3 is 18.8 Å². The van der Waals surface area contributed by atoms with Crippen molar-refractivity contribution >= 4 is 12.1 Å². The first-order valence-electron chi connectivity index (χ1n) is 11.2. The average Bonchev–Trinajstić information content (AvgIpc) is 3.41. The first-order chi connectivity index (χ1) is 14.8. The van der Waals surface area contributed by atoms with E-state index in [2.05, 4.69) is 25.4 Å². The predicted molar refractivity (Wildman–Crippen MR) is 112 cm³/mol. The summed E-state index contributed by atoms with van der Waals surface area (Å²) in [4.78, 5) is 28.4. The largest absolute Gasteiger partial charge is 0.508 e. The van der Waals surface area contributed by atoms with E-state index in [0.717, 1.165) is 32.1 Å². The van der Waals surface area contributed by atoms with Crippen LogP contribution in [0.5, 0.6) is 0 Å². The molecule has 1 saturated heterocycles. The third kappa shape index (κ3) is 3.12. The second kappa shape index (κ2) is 7.24. The fourth-order valence-electron chi connectivity index (χ4n) is 6.89. The van der Waals surface area contributed by atoms with E-state index in [9.17, 15) is 9.59 Å². The topological polar surface area (TPSA) is 79.7 Å². The molecule has 31 heavy (non-hydrogen) atoms. The van der Waals surface area contributed by atoms with Gasteiger partial charge >= 0.3 is 12.1 Å². The van der Waals surface area contributed by atoms with Crippen molar-refractivity contribution in [1.29, 1.82) is 0 Å². The minimum Gasteiger partial charge on any atom is -0.458 e. The number of cyclic esters (lactones) is 2. The highest BCUT2D eigenvalue weighted by atomic mass is 16.7. The van der Waals surface area contributed by atoms with Crippen molar-refractivity contribution in [3.8, 4) is 0 Å². The Morgan fingerprint density at radius 3 is 2.81 bits per heavy atom. The lowest BCUT2D eigenvalue weighted by Gasteiger charge is -2.61. The number of nitrogens with zero attached hydrogens (tertiary/aromatic N) is 2. The highest BCUT2D eigenvalue weighted by Crippen LogP contribution is 2.63. The van der Waals surface area contributed by atoms with Crippen LogP contribution in [0.4, 0.5) is 4.79 Å². The van der Waals surface area contributed by atoms with E-state index in [-0.39, 0.29) is 34.9 Å². The van der Waals surface area contributed by atoms with Gasteiger partial charge in [0.15, 0.2) is 0 Å². The lowest BCUT2D eigenvalue weighted by Crippen LogP contribution is -2.60. The molecule has 5 rings (SSSR count). The van der Waals surface area contributed by atoms with E-state index in [1.165, 1.54) is 5.57 Å². The van der Waals surface area contributed by atoms with Crippen LogP contribution in [0.15, 0.2) is 42.5 Å². The van der Waals surface area contributed by atoms with Crippen molar-refractivity contribution in [2.75, 3.05) is 13.2 Å². The minimum absolute atomic E-state index is 0.0183. The van der Waals surface area contributed by atoms with E-state index < -0.39 is 6.16 Å². The lowest BCUT2D eigenvalue weighted by molar-refractivity contribution is -0.193. The summed E-state index contributed by atoms with van der Waals surface area (Å²) in [6.07, 6.45) is 11.2. The van der Waals surface area contributed by atoms with Gasteiger partial charge in [0.05, 0.1) is 17.9 Å². The van der Waals surface area contributed by atoms with Gasteiger partial charge in [0, 0.05) is 17.8 Å². The third-order valence-corrected chi connectivity index (χ3v) is 8.51. The fourth-order valence-corrected chi connectivity index (χ4v) is 6.89. The van der Waals surface area contributed by atoms with Crippen LogP contribution in [0.2, 0.25) is 0 Å². The zero-order valence-corrected chi connectivity index (χ0v) is 18.2. The van der Waals surface area contributed by atoms with Gasteiger partial charge in [-0.3, -0.25) is 0 Å². The predicted octanol–water partition coefficient (Wildman–Crippen LogP) is 4.22. The van der Waals surface area contributed by atoms with Crippen molar-refractivity contribution in [3.05, 3.63) is 42.5 Å². The molecule has 0 bridgehead atoms. The summed E-state index contributed by atoms with van der Waals surface area (Å²) in [5.41, 5.74) is 1.71. The summed E-state index contributed by atoms with van der Waals surface area (Å²) in [6.45, 7) is 9.77. The molecule has 6 atom stereocenters. The quantitative estimate of drug-likeness (QED) is 0.530. The Hall–Kier alpha value is -2.57. The number of aromatic nitrogens is 2. The number of fused-ring (bicyclic) bond motifs is 3. The molecule has 2 unspecified atom stereocenters. The second-order valence-electron chi connectivity index (χ2n) is 10.0. The van der Waals surface area contributed by atoms with Crippen LogP contribution < -0.4 is 0 Å². The zero-order chi connectivity index (χ0) is 21.8. The Bertz CT molecular complexity index is 938. The highest BCUT2D eigenvalue weighted by Gasteiger charge is 2.61. The van der Waals surface area contributed by atoms with Crippen LogP contribution >= 0.6 is 0 Å². The maximum atomic E-state index is 12.5. The SMILES string of the molecule is C=C1CCC2[C@]3(C)COC(=O)O[C@@H]3CC[C@@]2(C)[C@@H]1CC(C1=CCOC1=O)n1ccnc1. The first-order valence-corrected chi connectivity index (χ1v) is 11.2. The molecular formula is C24H30N2O5. The highest BCUT2D eigenvalue weighted by molar-refractivity contribution is 5.91. The van der Waals surface area contributed by atoms with E-state index >= 15 is 0 Å². The van der Waals surface area contributed by atoms with Gasteiger partial charge in [-0.1, -0.05) is 26.0 Å². The Morgan fingerprint density at radius 2 is 2.10 bits per heavy atom. The summed E-state index contributed by atoms with van der Waals surface area (Å²) in [5.74, 6) is 0.323.